The third-order valence-corrected chi connectivity index (χ3v) is 2.91. The zero-order valence-corrected chi connectivity index (χ0v) is 11.3. The lowest BCUT2D eigenvalue weighted by Crippen LogP contribution is -2.01. The van der Waals surface area contributed by atoms with E-state index in [4.69, 9.17) is 26.2 Å². The third kappa shape index (κ3) is 4.20. The van der Waals surface area contributed by atoms with Gasteiger partial charge in [-0.25, -0.2) is 0 Å². The molecule has 1 N–H and O–H groups in total. The van der Waals surface area contributed by atoms with Crippen LogP contribution in [0.3, 0.4) is 0 Å². The summed E-state index contributed by atoms with van der Waals surface area (Å²) in [6.07, 6.45) is 1.39. The van der Waals surface area contributed by atoms with Crippen LogP contribution in [0, 0.1) is 0 Å². The fraction of sp³-hybridized carbons (Fsp3) is 0.462. The number of aliphatic carboxylic acids is 1. The standard InChI is InChI=1S/C13H17ClO4/c1-17-8-10-7-12(18-2)11(14)6-9(10)4-3-5-13(15)16/h6-7H,3-5,8H2,1-2H3,(H,15,16). The number of rotatable bonds is 7. The van der Waals surface area contributed by atoms with E-state index in [9.17, 15) is 4.79 Å². The van der Waals surface area contributed by atoms with Crippen molar-refractivity contribution in [2.75, 3.05) is 14.2 Å². The Hall–Kier alpha value is -1.26. The maximum absolute atomic E-state index is 10.5. The van der Waals surface area contributed by atoms with Crippen LogP contribution in [0.1, 0.15) is 24.0 Å². The molecule has 100 valence electrons. The Bertz CT molecular complexity index is 418. The number of benzene rings is 1. The van der Waals surface area contributed by atoms with E-state index in [1.54, 1.807) is 14.2 Å². The summed E-state index contributed by atoms with van der Waals surface area (Å²) in [6, 6.07) is 3.65. The van der Waals surface area contributed by atoms with Gasteiger partial charge in [0.1, 0.15) is 5.75 Å². The molecule has 0 saturated carbocycles. The van der Waals surface area contributed by atoms with Crippen LogP contribution in [0.25, 0.3) is 0 Å². The normalized spacial score (nSPS) is 10.4. The molecule has 0 amide bonds. The Balaban J connectivity index is 2.86. The minimum atomic E-state index is -0.789. The predicted octanol–water partition coefficient (Wildman–Crippen LogP) is 2.90. The molecule has 0 bridgehead atoms. The van der Waals surface area contributed by atoms with Gasteiger partial charge in [0.15, 0.2) is 0 Å². The van der Waals surface area contributed by atoms with Gasteiger partial charge in [0.2, 0.25) is 0 Å². The molecule has 0 saturated heterocycles. The minimum Gasteiger partial charge on any atom is -0.495 e. The third-order valence-electron chi connectivity index (χ3n) is 2.61. The Morgan fingerprint density at radius 2 is 2.06 bits per heavy atom. The highest BCUT2D eigenvalue weighted by Crippen LogP contribution is 2.29. The molecule has 0 aliphatic heterocycles. The van der Waals surface area contributed by atoms with Crippen molar-refractivity contribution >= 4 is 17.6 Å². The summed E-state index contributed by atoms with van der Waals surface area (Å²) in [5.41, 5.74) is 1.98. The first kappa shape index (κ1) is 14.8. The Morgan fingerprint density at radius 3 is 2.61 bits per heavy atom. The molecule has 4 nitrogen and oxygen atoms in total. The van der Waals surface area contributed by atoms with Crippen LogP contribution >= 0.6 is 11.6 Å². The number of ether oxygens (including phenoxy) is 2. The Labute approximate surface area is 111 Å². The van der Waals surface area contributed by atoms with Crippen LogP contribution in [-0.2, 0) is 22.6 Å². The minimum absolute atomic E-state index is 0.149. The molecule has 0 aliphatic rings. The molecule has 18 heavy (non-hydrogen) atoms. The predicted molar refractivity (Wildman–Crippen MR) is 69.3 cm³/mol. The fourth-order valence-corrected chi connectivity index (χ4v) is 2.01. The maximum atomic E-state index is 10.5. The zero-order valence-electron chi connectivity index (χ0n) is 10.5. The summed E-state index contributed by atoms with van der Waals surface area (Å²) in [4.78, 5) is 10.5. The van der Waals surface area contributed by atoms with Crippen LogP contribution in [0.2, 0.25) is 5.02 Å². The van der Waals surface area contributed by atoms with Gasteiger partial charge in [-0.2, -0.15) is 0 Å². The first-order valence-electron chi connectivity index (χ1n) is 5.64. The van der Waals surface area contributed by atoms with Crippen molar-refractivity contribution in [3.05, 3.63) is 28.3 Å². The number of carboxylic acids is 1. The van der Waals surface area contributed by atoms with Gasteiger partial charge in [-0.15, -0.1) is 0 Å². The number of methoxy groups -OCH3 is 2. The average Bonchev–Trinajstić information content (AvgIpc) is 2.32. The molecule has 0 fully saturated rings. The molecule has 0 aliphatic carbocycles. The Morgan fingerprint density at radius 1 is 1.33 bits per heavy atom. The maximum Gasteiger partial charge on any atom is 0.303 e. The first-order chi connectivity index (χ1) is 8.58. The second-order valence-electron chi connectivity index (χ2n) is 3.94. The van der Waals surface area contributed by atoms with Crippen LogP contribution < -0.4 is 4.74 Å². The van der Waals surface area contributed by atoms with E-state index in [1.165, 1.54) is 0 Å². The summed E-state index contributed by atoms with van der Waals surface area (Å²) in [5, 5.41) is 9.16. The van der Waals surface area contributed by atoms with Crippen LogP contribution in [-0.4, -0.2) is 25.3 Å². The van der Waals surface area contributed by atoms with Gasteiger partial charge in [-0.3, -0.25) is 4.79 Å². The quantitative estimate of drug-likeness (QED) is 0.829. The van der Waals surface area contributed by atoms with E-state index < -0.39 is 5.97 Å². The van der Waals surface area contributed by atoms with Gasteiger partial charge in [-0.1, -0.05) is 11.6 Å². The highest BCUT2D eigenvalue weighted by molar-refractivity contribution is 6.32. The molecule has 0 spiro atoms. The number of hydrogen-bond acceptors (Lipinski definition) is 3. The molecule has 1 aromatic rings. The van der Waals surface area contributed by atoms with Gasteiger partial charge in [0, 0.05) is 13.5 Å². The molecular formula is C13H17ClO4. The summed E-state index contributed by atoms with van der Waals surface area (Å²) < 4.78 is 10.3. The lowest BCUT2D eigenvalue weighted by Gasteiger charge is -2.12. The molecule has 0 radical (unpaired) electrons. The van der Waals surface area contributed by atoms with Crippen LogP contribution in [0.4, 0.5) is 0 Å². The topological polar surface area (TPSA) is 55.8 Å². The van der Waals surface area contributed by atoms with Gasteiger partial charge in [0.25, 0.3) is 0 Å². The van der Waals surface area contributed by atoms with Crippen molar-refractivity contribution in [1.82, 2.24) is 0 Å². The molecule has 1 rings (SSSR count). The van der Waals surface area contributed by atoms with E-state index in [0.717, 1.165) is 11.1 Å². The summed E-state index contributed by atoms with van der Waals surface area (Å²) in [5.74, 6) is -0.186. The molecule has 0 aromatic heterocycles. The fourth-order valence-electron chi connectivity index (χ4n) is 1.75. The second kappa shape index (κ2) is 7.24. The summed E-state index contributed by atoms with van der Waals surface area (Å²) in [7, 11) is 3.17. The van der Waals surface area contributed by atoms with E-state index in [-0.39, 0.29) is 6.42 Å². The van der Waals surface area contributed by atoms with Gasteiger partial charge in [0.05, 0.1) is 18.7 Å². The molecule has 1 aromatic carbocycles. The molecular weight excluding hydrogens is 256 g/mol. The monoisotopic (exact) mass is 272 g/mol. The van der Waals surface area contributed by atoms with Gasteiger partial charge >= 0.3 is 5.97 Å². The number of aryl methyl sites for hydroxylation is 1. The van der Waals surface area contributed by atoms with E-state index in [1.807, 2.05) is 12.1 Å². The largest absolute Gasteiger partial charge is 0.495 e. The first-order valence-corrected chi connectivity index (χ1v) is 6.02. The summed E-state index contributed by atoms with van der Waals surface area (Å²) >= 11 is 6.06. The summed E-state index contributed by atoms with van der Waals surface area (Å²) in [6.45, 7) is 0.454. The molecule has 0 unspecified atom stereocenters. The average molecular weight is 273 g/mol. The van der Waals surface area contributed by atoms with Crippen molar-refractivity contribution in [1.29, 1.82) is 0 Å². The Kier molecular flexibility index (Phi) is 5.95. The lowest BCUT2D eigenvalue weighted by atomic mass is 10.0. The van der Waals surface area contributed by atoms with Crippen molar-refractivity contribution in [3.8, 4) is 5.75 Å². The zero-order chi connectivity index (χ0) is 13.5. The van der Waals surface area contributed by atoms with Crippen molar-refractivity contribution < 1.29 is 19.4 Å². The number of carboxylic acid groups (broad SMARTS) is 1. The van der Waals surface area contributed by atoms with Crippen LogP contribution in [0.5, 0.6) is 5.75 Å². The second-order valence-corrected chi connectivity index (χ2v) is 4.34. The molecule has 0 atom stereocenters. The van der Waals surface area contributed by atoms with E-state index >= 15 is 0 Å². The highest BCUT2D eigenvalue weighted by atomic mass is 35.5. The van der Waals surface area contributed by atoms with Crippen molar-refractivity contribution in [3.63, 3.8) is 0 Å². The highest BCUT2D eigenvalue weighted by Gasteiger charge is 2.09. The number of carbonyl (C=O) groups is 1. The smallest absolute Gasteiger partial charge is 0.303 e. The molecule has 5 heteroatoms. The SMILES string of the molecule is COCc1cc(OC)c(Cl)cc1CCCC(=O)O. The molecule has 0 heterocycles. The van der Waals surface area contributed by atoms with E-state index in [2.05, 4.69) is 0 Å². The van der Waals surface area contributed by atoms with Gasteiger partial charge in [-0.05, 0) is 36.1 Å². The van der Waals surface area contributed by atoms with Crippen molar-refractivity contribution in [2.45, 2.75) is 25.9 Å². The van der Waals surface area contributed by atoms with Crippen molar-refractivity contribution in [2.24, 2.45) is 0 Å². The number of halogens is 1. The lowest BCUT2D eigenvalue weighted by molar-refractivity contribution is -0.137. The van der Waals surface area contributed by atoms with Crippen LogP contribution in [0.15, 0.2) is 12.1 Å². The van der Waals surface area contributed by atoms with Gasteiger partial charge < -0.3 is 14.6 Å². The van der Waals surface area contributed by atoms with E-state index in [0.29, 0.717) is 30.2 Å². The number of hydrogen-bond donors (Lipinski definition) is 1.